The van der Waals surface area contributed by atoms with Gasteiger partial charge in [0, 0.05) is 0 Å². The van der Waals surface area contributed by atoms with Crippen LogP contribution in [-0.4, -0.2) is 6.93 Å². The van der Waals surface area contributed by atoms with Gasteiger partial charge in [-0.3, -0.25) is 0 Å². The van der Waals surface area contributed by atoms with Crippen LogP contribution in [0.4, 0.5) is 8.78 Å². The minimum absolute atomic E-state index is 0.692. The molecule has 0 rings (SSSR count). The van der Waals surface area contributed by atoms with Gasteiger partial charge in [-0.2, -0.15) is 0 Å². The van der Waals surface area contributed by atoms with E-state index in [4.69, 9.17) is 0 Å². The van der Waals surface area contributed by atoms with E-state index in [1.807, 2.05) is 0 Å². The number of halogens is 2. The normalized spacial score (nSPS) is 7.17. The molecule has 0 unspecified atom stereocenters. The van der Waals surface area contributed by atoms with Crippen LogP contribution in [0.1, 0.15) is 6.92 Å². The van der Waals surface area contributed by atoms with Gasteiger partial charge in [-0.1, -0.05) is 0 Å². The fourth-order valence-electron chi connectivity index (χ4n) is 0.0845. The molecule has 0 heterocycles. The van der Waals surface area contributed by atoms with Gasteiger partial charge in [0.2, 0.25) is 0 Å². The zero-order chi connectivity index (χ0) is 4.99. The third-order valence-electron chi connectivity index (χ3n) is 0.196. The predicted octanol–water partition coefficient (Wildman–Crippen LogP) is 1.54. The molecule has 0 bridgehead atoms. The zero-order valence-electron chi connectivity index (χ0n) is 3.28. The molecule has 0 aliphatic carbocycles. The van der Waals surface area contributed by atoms with E-state index in [1.54, 1.807) is 6.92 Å². The van der Waals surface area contributed by atoms with Crippen molar-refractivity contribution in [3.8, 4) is 0 Å². The molecular weight excluding hydrogens is 325 g/mol. The molecule has 0 atom stereocenters. The molecule has 3 heteroatoms. The summed E-state index contributed by atoms with van der Waals surface area (Å²) in [5.41, 5.74) is 0. The average molecular weight is 330 g/mol. The molecule has 0 nitrogen and oxygen atoms in total. The number of hydrogen-bond donors (Lipinski definition) is 0. The fourth-order valence-corrected chi connectivity index (χ4v) is 0.788. The van der Waals surface area contributed by atoms with Gasteiger partial charge >= 0.3 is 29.6 Å². The van der Waals surface area contributed by atoms with Crippen LogP contribution in [-0.2, 0) is 0 Å². The van der Waals surface area contributed by atoms with Crippen LogP contribution in [0.2, 0.25) is 6.92 Å². The van der Waals surface area contributed by atoms with Crippen molar-refractivity contribution in [3.05, 3.63) is 0 Å². The van der Waals surface area contributed by atoms with Gasteiger partial charge in [0.05, 0.1) is 0 Å². The summed E-state index contributed by atoms with van der Waals surface area (Å²) in [6, 6.07) is 0. The third-order valence-corrected chi connectivity index (χ3v) is 1.83. The Labute approximate surface area is 30.8 Å². The number of hydrogen-bond acceptors (Lipinski definition) is 0. The van der Waals surface area contributed by atoms with Gasteiger partial charge in [-0.25, -0.2) is 0 Å². The molecule has 0 amide bonds. The summed E-state index contributed by atoms with van der Waals surface area (Å²) < 4.78 is 20.9. The molecule has 41 valence electrons. The maximum atomic E-state index is 11.0. The third kappa shape index (κ3) is 2.73. The van der Waals surface area contributed by atoms with Gasteiger partial charge in [0.25, 0.3) is 0 Å². The van der Waals surface area contributed by atoms with Crippen molar-refractivity contribution < 1.29 is 8.78 Å². The summed E-state index contributed by atoms with van der Waals surface area (Å²) in [4.78, 5) is 0. The summed E-state index contributed by atoms with van der Waals surface area (Å²) in [6.07, 6.45) is 0. The standard InChI is InChI=1S/C2H5.CF2.Cf/c1-2;2-1-3;/h1H2,2H3;;. The first-order valence-electron chi connectivity index (χ1n) is 1.47. The van der Waals surface area contributed by atoms with E-state index in [0.717, 1.165) is 0 Å². The van der Waals surface area contributed by atoms with E-state index in [1.165, 1.54) is 0 Å². The van der Waals surface area contributed by atoms with Crippen LogP contribution < -0.4 is 0 Å². The molecule has 0 radical (unpaired) electrons. The molecule has 6 heavy (non-hydrogen) atoms. The predicted molar refractivity (Wildman–Crippen MR) is 17.7 cm³/mol. The molecule has 0 N–H and O–H groups in total. The Morgan fingerprint density at radius 3 is 2.17 bits per heavy atom. The second-order valence-electron chi connectivity index (χ2n) is 0.526. The molecular formula is C3H5CfF2. The van der Waals surface area contributed by atoms with E-state index in [-0.39, 0.29) is 0 Å². The van der Waals surface area contributed by atoms with Gasteiger partial charge in [-0.05, 0) is 0 Å². The molecule has 0 aromatic carbocycles. The first kappa shape index (κ1) is 4.73. The van der Waals surface area contributed by atoms with Crippen LogP contribution in [0.5, 0.6) is 0 Å². The van der Waals surface area contributed by atoms with Crippen LogP contribution in [0.3, 0.4) is 0 Å². The Balaban J connectivity index is 3.14. The van der Waals surface area contributed by atoms with Gasteiger partial charge < -0.3 is 0 Å². The van der Waals surface area contributed by atoms with Crippen molar-refractivity contribution in [2.75, 3.05) is 0 Å². The maximum absolute atomic E-state index is 11.0. The monoisotopic (exact) mass is 328 g/mol. The Morgan fingerprint density at radius 2 is 2.17 bits per heavy atom. The molecule has 0 fully saturated rings. The molecule has 0 spiro atoms. The quantitative estimate of drug-likeness (QED) is 0.684. The van der Waals surface area contributed by atoms with Crippen molar-refractivity contribution >= 4 is 6.93 Å². The van der Waals surface area contributed by atoms with Crippen LogP contribution >= 0.6 is 0 Å². The van der Waals surface area contributed by atoms with Crippen molar-refractivity contribution in [1.29, 1.82) is 0 Å². The molecule has 0 aromatic rings. The first-order chi connectivity index (χ1) is 2.77. The molecule has 0 aliphatic heterocycles. The summed E-state index contributed by atoms with van der Waals surface area (Å²) in [6.45, 7) is 1.17. The number of rotatable bonds is 1. The van der Waals surface area contributed by atoms with Crippen molar-refractivity contribution in [2.24, 2.45) is 0 Å². The first-order valence-corrected chi connectivity index (χ1v) is 4.65. The van der Waals surface area contributed by atoms with Crippen molar-refractivity contribution in [2.45, 2.75) is 13.8 Å². The average Bonchev–Trinajstić information content (AvgIpc) is 1.35. The van der Waals surface area contributed by atoms with Gasteiger partial charge in [0.1, 0.15) is 0 Å². The summed E-state index contributed by atoms with van der Waals surface area (Å²) in [7, 11) is 0. The SMILES string of the molecule is C[CH2][Cf]=[C](F)F. The molecule has 0 aliphatic rings. The zero-order valence-corrected chi connectivity index (χ0v) is 5.91. The summed E-state index contributed by atoms with van der Waals surface area (Å²) in [5, 5.41) is 0. The second-order valence-corrected chi connectivity index (χ2v) is 4.31. The van der Waals surface area contributed by atoms with E-state index >= 15 is 0 Å². The Kier molecular flexibility index (Phi) is 1.58. The van der Waals surface area contributed by atoms with Crippen LogP contribution in [0.25, 0.3) is 0 Å². The van der Waals surface area contributed by atoms with E-state index < -0.39 is 6.93 Å². The van der Waals surface area contributed by atoms with Gasteiger partial charge in [-0.15, -0.1) is 0 Å². The van der Waals surface area contributed by atoms with E-state index in [2.05, 4.69) is 0 Å². The Morgan fingerprint density at radius 1 is 1.67 bits per heavy atom. The van der Waals surface area contributed by atoms with Crippen molar-refractivity contribution in [3.63, 3.8) is 0 Å². The second kappa shape index (κ2) is 2.00. The molecule has 0 saturated carbocycles. The Hall–Kier alpha value is -1.27. The summed E-state index contributed by atoms with van der Waals surface area (Å²) in [5.74, 6) is 0. The Bertz CT molecular complexity index is 55.8. The van der Waals surface area contributed by atoms with Gasteiger partial charge in [0.15, 0.2) is 0 Å². The van der Waals surface area contributed by atoms with E-state index in [9.17, 15) is 8.78 Å². The topological polar surface area (TPSA) is 0 Å². The van der Waals surface area contributed by atoms with Crippen molar-refractivity contribution in [1.82, 2.24) is 0 Å². The van der Waals surface area contributed by atoms with Crippen LogP contribution in [0, 0.1) is 0 Å². The molecule has 0 aromatic heterocycles. The minimum atomic E-state index is -1.31. The van der Waals surface area contributed by atoms with E-state index in [0.29, 0.717) is 6.92 Å². The van der Waals surface area contributed by atoms with Crippen LogP contribution in [0.15, 0.2) is 0 Å². The fraction of sp³-hybridized carbons (Fsp3) is 0.667. The molecule has 0 saturated heterocycles. The summed E-state index contributed by atoms with van der Waals surface area (Å²) >= 11 is 0.